The molecule has 0 bridgehead atoms. The Morgan fingerprint density at radius 1 is 0.903 bits per heavy atom. The van der Waals surface area contributed by atoms with Crippen molar-refractivity contribution >= 4 is 11.9 Å². The Hall–Kier alpha value is -2.08. The van der Waals surface area contributed by atoms with Gasteiger partial charge in [0.15, 0.2) is 0 Å². The summed E-state index contributed by atoms with van der Waals surface area (Å²) in [7, 11) is 0. The van der Waals surface area contributed by atoms with Gasteiger partial charge in [0.05, 0.1) is 6.42 Å². The first-order chi connectivity index (χ1) is 15.2. The molecule has 2 aliphatic heterocycles. The Bertz CT molecular complexity index is 706. The number of rotatable bonds is 5. The Kier molecular flexibility index (Phi) is 7.84. The largest absolute Gasteiger partial charge is 0.381 e. The normalized spacial score (nSPS) is 21.6. The third-order valence-electron chi connectivity index (χ3n) is 7.15. The number of benzene rings is 1. The molecule has 0 radical (unpaired) electrons. The quantitative estimate of drug-likeness (QED) is 0.779. The van der Waals surface area contributed by atoms with Gasteiger partial charge in [-0.25, -0.2) is 4.79 Å². The van der Waals surface area contributed by atoms with Gasteiger partial charge >= 0.3 is 6.03 Å². The Morgan fingerprint density at radius 3 is 2.23 bits per heavy atom. The van der Waals surface area contributed by atoms with Gasteiger partial charge in [-0.1, -0.05) is 49.6 Å². The van der Waals surface area contributed by atoms with Crippen molar-refractivity contribution in [2.24, 2.45) is 0 Å². The molecule has 3 amide bonds. The lowest BCUT2D eigenvalue weighted by atomic mass is 9.95. The lowest BCUT2D eigenvalue weighted by molar-refractivity contribution is -0.139. The first-order valence-electron chi connectivity index (χ1n) is 12.2. The topological polar surface area (TPSA) is 61.9 Å². The molecule has 2 saturated heterocycles. The van der Waals surface area contributed by atoms with E-state index in [0.29, 0.717) is 12.5 Å². The number of nitrogens with zero attached hydrogens (tertiary/aromatic N) is 2. The van der Waals surface area contributed by atoms with Gasteiger partial charge in [-0.05, 0) is 44.1 Å². The first-order valence-corrected chi connectivity index (χ1v) is 12.2. The molecule has 1 saturated carbocycles. The highest BCUT2D eigenvalue weighted by Crippen LogP contribution is 2.25. The minimum Gasteiger partial charge on any atom is -0.381 e. The average Bonchev–Trinajstić information content (AvgIpc) is 2.82. The van der Waals surface area contributed by atoms with Crippen LogP contribution in [0.2, 0.25) is 0 Å². The first kappa shape index (κ1) is 22.1. The van der Waals surface area contributed by atoms with Crippen molar-refractivity contribution in [1.29, 1.82) is 0 Å². The number of piperidine rings is 1. The summed E-state index contributed by atoms with van der Waals surface area (Å²) >= 11 is 0. The van der Waals surface area contributed by atoms with Crippen LogP contribution in [0.15, 0.2) is 30.3 Å². The summed E-state index contributed by atoms with van der Waals surface area (Å²) in [5, 5.41) is 3.24. The zero-order chi connectivity index (χ0) is 21.5. The zero-order valence-electron chi connectivity index (χ0n) is 18.6. The number of nitrogens with one attached hydrogen (secondary N) is 1. The molecule has 1 aliphatic carbocycles. The number of ether oxygens (including phenoxy) is 1. The average molecular weight is 428 g/mol. The molecule has 0 spiro atoms. The molecule has 0 aromatic heterocycles. The number of amides is 3. The van der Waals surface area contributed by atoms with E-state index in [-0.39, 0.29) is 24.0 Å². The third-order valence-corrected chi connectivity index (χ3v) is 7.15. The van der Waals surface area contributed by atoms with Crippen molar-refractivity contribution in [1.82, 2.24) is 15.1 Å². The van der Waals surface area contributed by atoms with E-state index in [1.807, 2.05) is 35.2 Å². The summed E-state index contributed by atoms with van der Waals surface area (Å²) in [6, 6.07) is 10.9. The van der Waals surface area contributed by atoms with Crippen molar-refractivity contribution in [2.75, 3.05) is 26.3 Å². The lowest BCUT2D eigenvalue weighted by Gasteiger charge is -2.44. The van der Waals surface area contributed by atoms with Crippen LogP contribution in [0.1, 0.15) is 63.4 Å². The van der Waals surface area contributed by atoms with Gasteiger partial charge in [-0.2, -0.15) is 0 Å². The van der Waals surface area contributed by atoms with Crippen LogP contribution in [0.25, 0.3) is 0 Å². The molecule has 6 heteroatoms. The fourth-order valence-electron chi connectivity index (χ4n) is 5.39. The van der Waals surface area contributed by atoms with Crippen LogP contribution < -0.4 is 5.32 Å². The second kappa shape index (κ2) is 11.0. The molecular weight excluding hydrogens is 390 g/mol. The molecule has 1 aromatic carbocycles. The molecule has 0 atom stereocenters. The molecule has 1 N–H and O–H groups in total. The van der Waals surface area contributed by atoms with Gasteiger partial charge in [0.25, 0.3) is 0 Å². The lowest BCUT2D eigenvalue weighted by Crippen LogP contribution is -2.55. The van der Waals surface area contributed by atoms with Crippen LogP contribution in [0.5, 0.6) is 0 Å². The second-order valence-electron chi connectivity index (χ2n) is 9.31. The summed E-state index contributed by atoms with van der Waals surface area (Å²) in [6.07, 6.45) is 9.91. The van der Waals surface area contributed by atoms with E-state index < -0.39 is 0 Å². The monoisotopic (exact) mass is 427 g/mol. The van der Waals surface area contributed by atoms with E-state index in [9.17, 15) is 9.59 Å². The van der Waals surface area contributed by atoms with Crippen molar-refractivity contribution in [3.8, 4) is 0 Å². The molecule has 170 valence electrons. The number of carbonyl (C=O) groups is 2. The minimum absolute atomic E-state index is 0.0820. The van der Waals surface area contributed by atoms with E-state index >= 15 is 0 Å². The van der Waals surface area contributed by atoms with Crippen molar-refractivity contribution in [2.45, 2.75) is 82.3 Å². The van der Waals surface area contributed by atoms with Gasteiger partial charge in [-0.3, -0.25) is 4.79 Å². The van der Waals surface area contributed by atoms with Gasteiger partial charge in [-0.15, -0.1) is 0 Å². The fourth-order valence-corrected chi connectivity index (χ4v) is 5.39. The molecule has 3 fully saturated rings. The maximum atomic E-state index is 13.4. The molecule has 31 heavy (non-hydrogen) atoms. The predicted octanol–water partition coefficient (Wildman–Crippen LogP) is 3.74. The minimum atomic E-state index is 0.0820. The highest BCUT2D eigenvalue weighted by Gasteiger charge is 2.35. The van der Waals surface area contributed by atoms with E-state index in [1.165, 1.54) is 19.3 Å². The van der Waals surface area contributed by atoms with Gasteiger partial charge in [0, 0.05) is 44.4 Å². The van der Waals surface area contributed by atoms with Gasteiger partial charge in [0.1, 0.15) is 0 Å². The highest BCUT2D eigenvalue weighted by molar-refractivity contribution is 5.79. The van der Waals surface area contributed by atoms with E-state index in [1.54, 1.807) is 0 Å². The number of urea groups is 1. The Labute approximate surface area is 186 Å². The Morgan fingerprint density at radius 2 is 1.55 bits per heavy atom. The van der Waals surface area contributed by atoms with E-state index in [2.05, 4.69) is 10.2 Å². The maximum Gasteiger partial charge on any atom is 0.317 e. The molecule has 3 aliphatic rings. The SMILES string of the molecule is O=C(NC1CCCCC1)N1CCC(N(C(=O)Cc2ccccc2)C2CCOCC2)CC1. The summed E-state index contributed by atoms with van der Waals surface area (Å²) < 4.78 is 5.56. The molecule has 6 nitrogen and oxygen atoms in total. The summed E-state index contributed by atoms with van der Waals surface area (Å²) in [5.41, 5.74) is 1.06. The third kappa shape index (κ3) is 6.00. The number of hydrogen-bond donors (Lipinski definition) is 1. The molecule has 0 unspecified atom stereocenters. The molecule has 2 heterocycles. The Balaban J connectivity index is 1.36. The van der Waals surface area contributed by atoms with Crippen LogP contribution in [0, 0.1) is 0 Å². The maximum absolute atomic E-state index is 13.4. The fraction of sp³-hybridized carbons (Fsp3) is 0.680. The summed E-state index contributed by atoms with van der Waals surface area (Å²) in [4.78, 5) is 30.2. The highest BCUT2D eigenvalue weighted by atomic mass is 16.5. The molecule has 4 rings (SSSR count). The standard InChI is InChI=1S/C25H37N3O3/c29-24(19-20-7-3-1-4-8-20)28(23-13-17-31-18-14-23)22-11-15-27(16-12-22)25(30)26-21-9-5-2-6-10-21/h1,3-4,7-8,21-23H,2,5-6,9-19H2,(H,26,30). The van der Waals surface area contributed by atoms with Crippen LogP contribution in [-0.2, 0) is 16.0 Å². The van der Waals surface area contributed by atoms with Gasteiger partial charge in [0.2, 0.25) is 5.91 Å². The molecular formula is C25H37N3O3. The number of carbonyl (C=O) groups excluding carboxylic acids is 2. The molecule has 1 aromatic rings. The summed E-state index contributed by atoms with van der Waals surface area (Å²) in [5.74, 6) is 0.211. The van der Waals surface area contributed by atoms with Crippen LogP contribution >= 0.6 is 0 Å². The van der Waals surface area contributed by atoms with Crippen molar-refractivity contribution in [3.05, 3.63) is 35.9 Å². The van der Waals surface area contributed by atoms with Crippen LogP contribution in [-0.4, -0.2) is 66.2 Å². The smallest absolute Gasteiger partial charge is 0.317 e. The number of hydrogen-bond acceptors (Lipinski definition) is 3. The van der Waals surface area contributed by atoms with Crippen molar-refractivity contribution < 1.29 is 14.3 Å². The predicted molar refractivity (Wildman–Crippen MR) is 121 cm³/mol. The van der Waals surface area contributed by atoms with E-state index in [4.69, 9.17) is 4.74 Å². The van der Waals surface area contributed by atoms with E-state index in [0.717, 1.165) is 70.4 Å². The van der Waals surface area contributed by atoms with Crippen LogP contribution in [0.3, 0.4) is 0 Å². The summed E-state index contributed by atoms with van der Waals surface area (Å²) in [6.45, 7) is 2.90. The van der Waals surface area contributed by atoms with Gasteiger partial charge < -0.3 is 19.9 Å². The van der Waals surface area contributed by atoms with Crippen molar-refractivity contribution in [3.63, 3.8) is 0 Å². The second-order valence-corrected chi connectivity index (χ2v) is 9.31. The zero-order valence-corrected chi connectivity index (χ0v) is 18.6. The van der Waals surface area contributed by atoms with Crippen LogP contribution in [0.4, 0.5) is 4.79 Å². The number of likely N-dealkylation sites (tertiary alicyclic amines) is 1.